The van der Waals surface area contributed by atoms with Crippen molar-refractivity contribution in [3.05, 3.63) is 334 Å². The lowest BCUT2D eigenvalue weighted by atomic mass is 9.86. The van der Waals surface area contributed by atoms with Gasteiger partial charge in [0.25, 0.3) is 0 Å². The maximum atomic E-state index is 5.63. The van der Waals surface area contributed by atoms with E-state index in [0.29, 0.717) is 5.82 Å². The summed E-state index contributed by atoms with van der Waals surface area (Å²) in [6, 6.07) is 122. The standard InChI is InChI=1S/C95H55N3S2/c1-3-23-56(24-4-1)83-55-84(57-25-5-2-6-26-57)98-95(97-83)92-75-40-18-14-36-71(75)88(72-37-15-19-41-76(72)92)62-47-50-86-80(54-62)91-68-33-11-8-30-64(68)66-48-45-59(52-78(66)94(91)100-86)58-27-21-28-60(51-58)81-43-22-44-82(96-81)89-73-38-16-12-34-69(73)87(70-35-13-17-39-74(70)89)61-46-49-85-79(53-61)90-67-32-10-7-29-63(67)65-31-9-20-42-77(65)93(90)99-85/h1-55H. The molecule has 0 N–H and O–H groups in total. The fourth-order valence-electron chi connectivity index (χ4n) is 16.4. The van der Waals surface area contributed by atoms with Gasteiger partial charge in [-0.05, 0) is 163 Å². The molecule has 0 aliphatic carbocycles. The minimum absolute atomic E-state index is 0.704. The second-order valence-electron chi connectivity index (χ2n) is 26.3. The highest BCUT2D eigenvalue weighted by Gasteiger charge is 2.25. The Kier molecular flexibility index (Phi) is 12.8. The van der Waals surface area contributed by atoms with Gasteiger partial charge in [-0.15, -0.1) is 22.7 Å². The second kappa shape index (κ2) is 22.5. The molecular formula is C95H55N3S2. The molecule has 0 fully saturated rings. The molecule has 3 nitrogen and oxygen atoms in total. The Morgan fingerprint density at radius 3 is 1.03 bits per heavy atom. The zero-order valence-electron chi connectivity index (χ0n) is 53.9. The molecule has 100 heavy (non-hydrogen) atoms. The molecule has 21 aromatic rings. The second-order valence-corrected chi connectivity index (χ2v) is 28.4. The third kappa shape index (κ3) is 8.79. The first-order chi connectivity index (χ1) is 49.6. The van der Waals surface area contributed by atoms with E-state index in [4.69, 9.17) is 15.0 Å². The smallest absolute Gasteiger partial charge is 0.161 e. The Balaban J connectivity index is 0.678. The van der Waals surface area contributed by atoms with Crippen LogP contribution in [0.25, 0.3) is 216 Å². The summed E-state index contributed by atoms with van der Waals surface area (Å²) in [4.78, 5) is 16.5. The highest BCUT2D eigenvalue weighted by molar-refractivity contribution is 7.27. The minimum Gasteiger partial charge on any atom is -0.248 e. The number of hydrogen-bond acceptors (Lipinski definition) is 5. The van der Waals surface area contributed by atoms with E-state index in [2.05, 4.69) is 334 Å². The number of fused-ring (bicyclic) bond motifs is 20. The van der Waals surface area contributed by atoms with Crippen molar-refractivity contribution in [2.45, 2.75) is 0 Å². The molecule has 0 spiro atoms. The zero-order chi connectivity index (χ0) is 65.5. The van der Waals surface area contributed by atoms with Crippen molar-refractivity contribution < 1.29 is 0 Å². The lowest BCUT2D eigenvalue weighted by Gasteiger charge is -2.18. The number of nitrogens with zero attached hydrogens (tertiary/aromatic N) is 3. The first-order valence-corrected chi connectivity index (χ1v) is 35.8. The van der Waals surface area contributed by atoms with E-state index in [1.54, 1.807) is 0 Å². The molecular weight excluding hydrogens is 1250 g/mol. The van der Waals surface area contributed by atoms with E-state index >= 15 is 0 Å². The molecule has 0 atom stereocenters. The molecule has 0 bridgehead atoms. The van der Waals surface area contributed by atoms with Crippen LogP contribution in [0.2, 0.25) is 0 Å². The van der Waals surface area contributed by atoms with Gasteiger partial charge < -0.3 is 0 Å². The Hall–Kier alpha value is -12.5. The first kappa shape index (κ1) is 56.6. The van der Waals surface area contributed by atoms with Crippen molar-refractivity contribution in [1.29, 1.82) is 0 Å². The Bertz CT molecular complexity index is 6860. The Labute approximate surface area is 583 Å². The van der Waals surface area contributed by atoms with Crippen LogP contribution in [0.1, 0.15) is 0 Å². The highest BCUT2D eigenvalue weighted by Crippen LogP contribution is 2.52. The molecule has 0 aliphatic heterocycles. The van der Waals surface area contributed by atoms with E-state index in [-0.39, 0.29) is 0 Å². The fourth-order valence-corrected chi connectivity index (χ4v) is 18.9. The molecule has 4 heterocycles. The van der Waals surface area contributed by atoms with Crippen LogP contribution in [0.5, 0.6) is 0 Å². The Morgan fingerprint density at radius 2 is 0.520 bits per heavy atom. The number of rotatable bonds is 8. The molecule has 0 saturated carbocycles. The molecule has 5 heteroatoms. The largest absolute Gasteiger partial charge is 0.248 e. The Morgan fingerprint density at radius 1 is 0.170 bits per heavy atom. The maximum Gasteiger partial charge on any atom is 0.161 e. The van der Waals surface area contributed by atoms with E-state index in [1.165, 1.54) is 127 Å². The van der Waals surface area contributed by atoms with E-state index < -0.39 is 0 Å². The number of pyridine rings is 1. The number of benzene rings is 17. The molecule has 21 rings (SSSR count). The summed E-state index contributed by atoms with van der Waals surface area (Å²) in [5, 5.41) is 24.7. The molecule has 17 aromatic carbocycles. The van der Waals surface area contributed by atoms with Crippen molar-refractivity contribution in [3.8, 4) is 89.8 Å². The summed E-state index contributed by atoms with van der Waals surface area (Å²) >= 11 is 3.80. The summed E-state index contributed by atoms with van der Waals surface area (Å²) in [5.74, 6) is 0.704. The molecule has 0 radical (unpaired) electrons. The lowest BCUT2D eigenvalue weighted by molar-refractivity contribution is 1.19. The van der Waals surface area contributed by atoms with Crippen LogP contribution in [0.4, 0.5) is 0 Å². The average Bonchev–Trinajstić information content (AvgIpc) is 1.40. The monoisotopic (exact) mass is 1300 g/mol. The van der Waals surface area contributed by atoms with Gasteiger partial charge in [-0.1, -0.05) is 279 Å². The van der Waals surface area contributed by atoms with E-state index in [1.807, 2.05) is 22.7 Å². The predicted octanol–water partition coefficient (Wildman–Crippen LogP) is 27.2. The summed E-state index contributed by atoms with van der Waals surface area (Å²) < 4.78 is 5.19. The van der Waals surface area contributed by atoms with Crippen LogP contribution in [-0.2, 0) is 0 Å². The lowest BCUT2D eigenvalue weighted by Crippen LogP contribution is -1.98. The van der Waals surface area contributed by atoms with Gasteiger partial charge in [-0.25, -0.2) is 15.0 Å². The number of aromatic nitrogens is 3. The average molecular weight is 1300 g/mol. The van der Waals surface area contributed by atoms with E-state index in [0.717, 1.165) is 83.3 Å². The number of hydrogen-bond donors (Lipinski definition) is 0. The van der Waals surface area contributed by atoms with Crippen molar-refractivity contribution in [2.24, 2.45) is 0 Å². The van der Waals surface area contributed by atoms with Crippen molar-refractivity contribution in [3.63, 3.8) is 0 Å². The third-order valence-corrected chi connectivity index (χ3v) is 23.2. The maximum absolute atomic E-state index is 5.63. The van der Waals surface area contributed by atoms with Crippen LogP contribution in [0.3, 0.4) is 0 Å². The van der Waals surface area contributed by atoms with Gasteiger partial charge in [-0.2, -0.15) is 0 Å². The van der Waals surface area contributed by atoms with Crippen LogP contribution in [0.15, 0.2) is 334 Å². The quantitative estimate of drug-likeness (QED) is 0.112. The van der Waals surface area contributed by atoms with Gasteiger partial charge in [-0.3, -0.25) is 0 Å². The van der Waals surface area contributed by atoms with Gasteiger partial charge in [0.1, 0.15) is 0 Å². The minimum atomic E-state index is 0.704. The molecule has 0 saturated heterocycles. The normalized spacial score (nSPS) is 12.0. The molecule has 462 valence electrons. The van der Waals surface area contributed by atoms with Gasteiger partial charge in [0.05, 0.1) is 22.8 Å². The SMILES string of the molecule is c1ccc(-c2cc(-c3ccccc3)nc(-c3c4ccccc4c(-c4ccc5sc6c7cc(-c8cccc(-c9cccc(-c%10c%11ccccc%11c(-c%11ccc%12sc%13c%14ccccc%14c%14ccccc%14c%13c%12c%11)c%11ccccc%10%11)n9)c8)ccc7c7ccccc7c6c5c4)c4ccccc34)n2)cc1. The van der Waals surface area contributed by atoms with Crippen LogP contribution >= 0.6 is 22.7 Å². The van der Waals surface area contributed by atoms with Crippen LogP contribution in [-0.4, -0.2) is 15.0 Å². The first-order valence-electron chi connectivity index (χ1n) is 34.1. The highest BCUT2D eigenvalue weighted by atomic mass is 32.1. The summed E-state index contributed by atoms with van der Waals surface area (Å²) in [5.41, 5.74) is 16.1. The van der Waals surface area contributed by atoms with Gasteiger partial charge in [0.15, 0.2) is 5.82 Å². The zero-order valence-corrected chi connectivity index (χ0v) is 55.5. The predicted molar refractivity (Wildman–Crippen MR) is 429 cm³/mol. The van der Waals surface area contributed by atoms with Gasteiger partial charge >= 0.3 is 0 Å². The third-order valence-electron chi connectivity index (χ3n) is 20.8. The van der Waals surface area contributed by atoms with Crippen molar-refractivity contribution in [2.75, 3.05) is 0 Å². The summed E-state index contributed by atoms with van der Waals surface area (Å²) in [6.07, 6.45) is 0. The van der Waals surface area contributed by atoms with E-state index in [9.17, 15) is 0 Å². The van der Waals surface area contributed by atoms with Crippen LogP contribution in [0, 0.1) is 0 Å². The molecule has 0 unspecified atom stereocenters. The van der Waals surface area contributed by atoms with Crippen LogP contribution < -0.4 is 0 Å². The molecule has 4 aromatic heterocycles. The summed E-state index contributed by atoms with van der Waals surface area (Å²) in [7, 11) is 0. The summed E-state index contributed by atoms with van der Waals surface area (Å²) in [6.45, 7) is 0. The fraction of sp³-hybridized carbons (Fsp3) is 0. The van der Waals surface area contributed by atoms with Gasteiger partial charge in [0.2, 0.25) is 0 Å². The van der Waals surface area contributed by atoms with Crippen molar-refractivity contribution in [1.82, 2.24) is 15.0 Å². The number of thiophene rings is 2. The molecule has 0 amide bonds. The topological polar surface area (TPSA) is 38.7 Å². The van der Waals surface area contributed by atoms with Gasteiger partial charge in [0, 0.05) is 78.9 Å². The molecule has 0 aliphatic rings. The van der Waals surface area contributed by atoms with Crippen molar-refractivity contribution >= 4 is 149 Å².